The molecular formula is C23H28N5O3+. The summed E-state index contributed by atoms with van der Waals surface area (Å²) in [4.78, 5) is 42.3. The molecule has 0 radical (unpaired) electrons. The van der Waals surface area contributed by atoms with Gasteiger partial charge in [0.1, 0.15) is 11.9 Å². The minimum Gasteiger partial charge on any atom is -0.383 e. The van der Waals surface area contributed by atoms with E-state index in [0.717, 1.165) is 16.0 Å². The van der Waals surface area contributed by atoms with Crippen LogP contribution in [0.2, 0.25) is 0 Å². The fourth-order valence-electron chi connectivity index (χ4n) is 3.49. The van der Waals surface area contributed by atoms with Crippen LogP contribution < -0.4 is 26.8 Å². The molecule has 1 amide bonds. The van der Waals surface area contributed by atoms with Gasteiger partial charge in [-0.3, -0.25) is 19.1 Å². The number of aromatic amines is 1. The van der Waals surface area contributed by atoms with Crippen molar-refractivity contribution in [2.24, 2.45) is 0 Å². The average Bonchev–Trinajstić information content (AvgIpc) is 2.77. The summed E-state index contributed by atoms with van der Waals surface area (Å²) >= 11 is 0. The Morgan fingerprint density at radius 3 is 2.29 bits per heavy atom. The number of nitrogens with zero attached hydrogens (tertiary/aromatic N) is 2. The van der Waals surface area contributed by atoms with Gasteiger partial charge >= 0.3 is 5.69 Å². The zero-order chi connectivity index (χ0) is 22.5. The molecule has 0 aliphatic heterocycles. The Bertz CT molecular complexity index is 1160. The molecule has 0 saturated heterocycles. The molecule has 3 rings (SSSR count). The van der Waals surface area contributed by atoms with Crippen LogP contribution in [0.25, 0.3) is 0 Å². The molecule has 2 aromatic carbocycles. The monoisotopic (exact) mass is 422 g/mol. The molecule has 8 nitrogen and oxygen atoms in total. The third kappa shape index (κ3) is 4.92. The second-order valence-electron chi connectivity index (χ2n) is 7.67. The molecule has 4 N–H and O–H groups in total. The number of benzene rings is 2. The Labute approximate surface area is 180 Å². The molecule has 1 heterocycles. The van der Waals surface area contributed by atoms with E-state index in [1.165, 1.54) is 16.5 Å². The lowest BCUT2D eigenvalue weighted by Gasteiger charge is -2.25. The number of hydrogen-bond donors (Lipinski definition) is 3. The number of anilines is 2. The molecular weight excluding hydrogens is 394 g/mol. The summed E-state index contributed by atoms with van der Waals surface area (Å²) < 4.78 is 1.26. The van der Waals surface area contributed by atoms with Crippen LogP contribution in [-0.4, -0.2) is 36.1 Å². The lowest BCUT2D eigenvalue weighted by molar-refractivity contribution is -0.902. The van der Waals surface area contributed by atoms with Gasteiger partial charge in [0.25, 0.3) is 11.5 Å². The van der Waals surface area contributed by atoms with Gasteiger partial charge < -0.3 is 15.5 Å². The Hall–Kier alpha value is -3.65. The van der Waals surface area contributed by atoms with Gasteiger partial charge in [0.15, 0.2) is 12.2 Å². The van der Waals surface area contributed by atoms with Crippen LogP contribution in [0, 0.1) is 0 Å². The van der Waals surface area contributed by atoms with E-state index in [2.05, 4.69) is 4.98 Å². The first-order valence-electron chi connectivity index (χ1n) is 10.1. The largest absolute Gasteiger partial charge is 0.383 e. The Balaban J connectivity index is 1.84. The second-order valence-corrected chi connectivity index (χ2v) is 7.67. The number of hydrogen-bond acceptors (Lipinski definition) is 4. The van der Waals surface area contributed by atoms with Crippen molar-refractivity contribution in [1.82, 2.24) is 9.55 Å². The van der Waals surface area contributed by atoms with Gasteiger partial charge in [-0.2, -0.15) is 0 Å². The number of aromatic nitrogens is 2. The smallest absolute Gasteiger partial charge is 0.330 e. The van der Waals surface area contributed by atoms with Crippen molar-refractivity contribution in [1.29, 1.82) is 0 Å². The molecule has 31 heavy (non-hydrogen) atoms. The van der Waals surface area contributed by atoms with Crippen molar-refractivity contribution in [2.45, 2.75) is 19.5 Å². The predicted octanol–water partition coefficient (Wildman–Crippen LogP) is 0.406. The lowest BCUT2D eigenvalue weighted by atomic mass is 10.1. The summed E-state index contributed by atoms with van der Waals surface area (Å²) in [5, 5.41) is 0. The number of nitrogen functional groups attached to an aromatic ring is 1. The molecule has 0 aliphatic rings. The number of carbonyl (C=O) groups excluding carboxylic acids is 1. The summed E-state index contributed by atoms with van der Waals surface area (Å²) in [6.07, 6.45) is 0. The van der Waals surface area contributed by atoms with Crippen LogP contribution in [0.4, 0.5) is 11.5 Å². The minimum absolute atomic E-state index is 0.0271. The lowest BCUT2D eigenvalue weighted by Crippen LogP contribution is -3.10. The molecule has 1 unspecified atom stereocenters. The number of H-pyrrole nitrogens is 1. The Kier molecular flexibility index (Phi) is 6.71. The summed E-state index contributed by atoms with van der Waals surface area (Å²) in [5.74, 6) is -0.315. The second kappa shape index (κ2) is 9.44. The van der Waals surface area contributed by atoms with Crippen LogP contribution in [0.5, 0.6) is 0 Å². The summed E-state index contributed by atoms with van der Waals surface area (Å²) in [6.45, 7) is 2.38. The van der Waals surface area contributed by atoms with E-state index in [1.807, 2.05) is 74.6 Å². The summed E-state index contributed by atoms with van der Waals surface area (Å²) in [6, 6.07) is 19.3. The van der Waals surface area contributed by atoms with E-state index in [0.29, 0.717) is 0 Å². The van der Waals surface area contributed by atoms with Gasteiger partial charge in [0.2, 0.25) is 0 Å². The van der Waals surface area contributed by atoms with Crippen LogP contribution in [0.1, 0.15) is 24.1 Å². The fraction of sp³-hybridized carbons (Fsp3) is 0.261. The molecule has 0 saturated carbocycles. The minimum atomic E-state index is -0.684. The molecule has 162 valence electrons. The maximum absolute atomic E-state index is 13.0. The molecule has 2 atom stereocenters. The zero-order valence-electron chi connectivity index (χ0n) is 18.0. The van der Waals surface area contributed by atoms with Crippen LogP contribution in [-0.2, 0) is 11.3 Å². The first-order valence-corrected chi connectivity index (χ1v) is 10.1. The quantitative estimate of drug-likeness (QED) is 0.513. The van der Waals surface area contributed by atoms with Crippen LogP contribution >= 0.6 is 0 Å². The average molecular weight is 423 g/mol. The van der Waals surface area contributed by atoms with Crippen molar-refractivity contribution in [3.8, 4) is 0 Å². The predicted molar refractivity (Wildman–Crippen MR) is 121 cm³/mol. The zero-order valence-corrected chi connectivity index (χ0v) is 18.0. The molecule has 1 aromatic heterocycles. The van der Waals surface area contributed by atoms with E-state index in [9.17, 15) is 14.4 Å². The van der Waals surface area contributed by atoms with Crippen molar-refractivity contribution in [3.05, 3.63) is 92.6 Å². The number of amides is 1. The maximum atomic E-state index is 13.0. The van der Waals surface area contributed by atoms with E-state index < -0.39 is 11.2 Å². The van der Waals surface area contributed by atoms with Gasteiger partial charge in [0, 0.05) is 12.6 Å². The topological polar surface area (TPSA) is 106 Å². The SMILES string of the molecule is C[C@H](c1ccccc1)[NH+](C)CC(=O)N(C)c1c(N)n(Cc2ccccc2)c(=O)[nH]c1=O. The van der Waals surface area contributed by atoms with E-state index in [-0.39, 0.29) is 36.5 Å². The van der Waals surface area contributed by atoms with Gasteiger partial charge in [-0.15, -0.1) is 0 Å². The number of nitrogens with two attached hydrogens (primary N) is 1. The van der Waals surface area contributed by atoms with E-state index >= 15 is 0 Å². The molecule has 0 spiro atoms. The third-order valence-electron chi connectivity index (χ3n) is 5.58. The number of carbonyl (C=O) groups is 1. The molecule has 8 heteroatoms. The number of quaternary nitrogens is 1. The van der Waals surface area contributed by atoms with Gasteiger partial charge in [0.05, 0.1) is 13.6 Å². The molecule has 0 fully saturated rings. The standard InChI is InChI=1S/C23H27N5O3/c1-16(18-12-8-5-9-13-18)26(2)15-19(29)27(3)20-21(24)28(23(31)25-22(20)30)14-17-10-6-4-7-11-17/h4-13,16H,14-15,24H2,1-3H3,(H,25,30,31)/p+1/t16-/m1/s1. The fourth-order valence-corrected chi connectivity index (χ4v) is 3.49. The van der Waals surface area contributed by atoms with Crippen molar-refractivity contribution in [2.75, 3.05) is 31.3 Å². The highest BCUT2D eigenvalue weighted by molar-refractivity contribution is 5.95. The van der Waals surface area contributed by atoms with Crippen LogP contribution in [0.3, 0.4) is 0 Å². The van der Waals surface area contributed by atoms with Gasteiger partial charge in [-0.05, 0) is 12.5 Å². The highest BCUT2D eigenvalue weighted by Crippen LogP contribution is 2.16. The number of rotatable bonds is 7. The van der Waals surface area contributed by atoms with Crippen molar-refractivity contribution < 1.29 is 9.69 Å². The van der Waals surface area contributed by atoms with Crippen LogP contribution in [0.15, 0.2) is 70.3 Å². The molecule has 0 bridgehead atoms. The highest BCUT2D eigenvalue weighted by Gasteiger charge is 2.25. The number of nitrogens with one attached hydrogen (secondary N) is 2. The van der Waals surface area contributed by atoms with Crippen molar-refractivity contribution in [3.63, 3.8) is 0 Å². The Morgan fingerprint density at radius 2 is 1.68 bits per heavy atom. The highest BCUT2D eigenvalue weighted by atomic mass is 16.2. The van der Waals surface area contributed by atoms with Crippen molar-refractivity contribution >= 4 is 17.4 Å². The van der Waals surface area contributed by atoms with E-state index in [1.54, 1.807) is 0 Å². The summed E-state index contributed by atoms with van der Waals surface area (Å²) in [5.41, 5.74) is 6.84. The maximum Gasteiger partial charge on any atom is 0.330 e. The normalized spacial score (nSPS) is 12.9. The molecule has 3 aromatic rings. The first-order chi connectivity index (χ1) is 14.8. The number of likely N-dealkylation sites (N-methyl/N-ethyl adjacent to an activating group) is 2. The van der Waals surface area contributed by atoms with Gasteiger partial charge in [-0.1, -0.05) is 60.7 Å². The first kappa shape index (κ1) is 22.0. The van der Waals surface area contributed by atoms with E-state index in [4.69, 9.17) is 5.73 Å². The summed E-state index contributed by atoms with van der Waals surface area (Å²) in [7, 11) is 3.42. The third-order valence-corrected chi connectivity index (χ3v) is 5.58. The Morgan fingerprint density at radius 1 is 1.10 bits per heavy atom. The van der Waals surface area contributed by atoms with Gasteiger partial charge in [-0.25, -0.2) is 4.79 Å². The molecule has 0 aliphatic carbocycles.